The van der Waals surface area contributed by atoms with Crippen LogP contribution in [0.25, 0.3) is 0 Å². The Morgan fingerprint density at radius 2 is 1.94 bits per heavy atom. The summed E-state index contributed by atoms with van der Waals surface area (Å²) in [4.78, 5) is 18.7. The number of carbonyl (C=O) groups is 1. The number of nitrogens with zero attached hydrogens (tertiary/aromatic N) is 3. The molecule has 0 unspecified atom stereocenters. The third kappa shape index (κ3) is 3.66. The Kier molecular flexibility index (Phi) is 5.02. The Balaban J connectivity index is 2.96. The predicted molar refractivity (Wildman–Crippen MR) is 67.4 cm³/mol. The number of carbonyl (C=O) groups excluding carboxylic acids is 1. The smallest absolute Gasteiger partial charge is 0.335 e. The molecule has 0 saturated heterocycles. The van der Waals surface area contributed by atoms with Gasteiger partial charge in [0.1, 0.15) is 0 Å². The van der Waals surface area contributed by atoms with E-state index in [0.717, 1.165) is 12.8 Å². The van der Waals surface area contributed by atoms with Gasteiger partial charge in [0.25, 0.3) is 0 Å². The van der Waals surface area contributed by atoms with Crippen molar-refractivity contribution in [2.24, 2.45) is 5.73 Å². The lowest BCUT2D eigenvalue weighted by Crippen LogP contribution is -2.43. The standard InChI is InChI=1S/C10H16N4O3S/c1-2-3-4-8-18(16,17)14(9(11)15)10-12-6-5-7-13-10/h5-7H,2-4,8H2,1H3,(H2,11,15). The second-order valence-electron chi connectivity index (χ2n) is 3.67. The van der Waals surface area contributed by atoms with Crippen molar-refractivity contribution >= 4 is 22.0 Å². The molecule has 7 nitrogen and oxygen atoms in total. The molecule has 1 aromatic heterocycles. The van der Waals surface area contributed by atoms with Crippen LogP contribution in [0.1, 0.15) is 26.2 Å². The third-order valence-electron chi connectivity index (χ3n) is 2.22. The minimum absolute atomic E-state index is 0.151. The molecular formula is C10H16N4O3S. The number of anilines is 1. The maximum absolute atomic E-state index is 12.0. The molecule has 1 aromatic rings. The molecule has 0 fully saturated rings. The highest BCUT2D eigenvalue weighted by Gasteiger charge is 2.29. The molecule has 0 bridgehead atoms. The first-order valence-electron chi connectivity index (χ1n) is 5.58. The van der Waals surface area contributed by atoms with E-state index in [-0.39, 0.29) is 11.7 Å². The second kappa shape index (κ2) is 6.29. The normalized spacial score (nSPS) is 11.2. The molecule has 2 N–H and O–H groups in total. The van der Waals surface area contributed by atoms with Crippen LogP contribution in [0.4, 0.5) is 10.7 Å². The quantitative estimate of drug-likeness (QED) is 0.774. The lowest BCUT2D eigenvalue weighted by molar-refractivity contribution is 0.256. The number of urea groups is 1. The zero-order valence-corrected chi connectivity index (χ0v) is 10.9. The fourth-order valence-electron chi connectivity index (χ4n) is 1.38. The van der Waals surface area contributed by atoms with Gasteiger partial charge in [-0.2, -0.15) is 4.31 Å². The van der Waals surface area contributed by atoms with Crippen molar-refractivity contribution in [1.29, 1.82) is 0 Å². The van der Waals surface area contributed by atoms with Crippen molar-refractivity contribution in [3.63, 3.8) is 0 Å². The maximum atomic E-state index is 12.0. The molecule has 1 rings (SSSR count). The first kappa shape index (κ1) is 14.4. The van der Waals surface area contributed by atoms with Crippen molar-refractivity contribution in [3.05, 3.63) is 18.5 Å². The molecule has 0 aromatic carbocycles. The summed E-state index contributed by atoms with van der Waals surface area (Å²) in [7, 11) is -3.81. The van der Waals surface area contributed by atoms with Gasteiger partial charge in [-0.3, -0.25) is 0 Å². The fraction of sp³-hybridized carbons (Fsp3) is 0.500. The number of unbranched alkanes of at least 4 members (excludes halogenated alkanes) is 2. The van der Waals surface area contributed by atoms with Gasteiger partial charge in [0, 0.05) is 12.4 Å². The first-order chi connectivity index (χ1) is 8.49. The van der Waals surface area contributed by atoms with Crippen LogP contribution in [-0.2, 0) is 10.0 Å². The lowest BCUT2D eigenvalue weighted by atomic mass is 10.3. The van der Waals surface area contributed by atoms with E-state index in [4.69, 9.17) is 5.73 Å². The maximum Gasteiger partial charge on any atom is 0.335 e. The molecule has 0 aliphatic carbocycles. The fourth-order valence-corrected chi connectivity index (χ4v) is 2.75. The van der Waals surface area contributed by atoms with Gasteiger partial charge in [-0.25, -0.2) is 23.2 Å². The van der Waals surface area contributed by atoms with E-state index >= 15 is 0 Å². The van der Waals surface area contributed by atoms with Gasteiger partial charge < -0.3 is 5.73 Å². The highest BCUT2D eigenvalue weighted by Crippen LogP contribution is 2.13. The minimum Gasteiger partial charge on any atom is -0.350 e. The number of amides is 2. The Bertz CT molecular complexity index is 489. The van der Waals surface area contributed by atoms with Gasteiger partial charge in [-0.1, -0.05) is 19.8 Å². The molecule has 0 saturated carbocycles. The van der Waals surface area contributed by atoms with E-state index in [1.807, 2.05) is 6.92 Å². The number of hydrogen-bond acceptors (Lipinski definition) is 5. The minimum atomic E-state index is -3.81. The molecule has 0 radical (unpaired) electrons. The van der Waals surface area contributed by atoms with E-state index in [0.29, 0.717) is 10.7 Å². The largest absolute Gasteiger partial charge is 0.350 e. The number of nitrogens with two attached hydrogens (primary N) is 1. The van der Waals surface area contributed by atoms with Crippen LogP contribution in [0.3, 0.4) is 0 Å². The van der Waals surface area contributed by atoms with E-state index in [1.165, 1.54) is 18.5 Å². The van der Waals surface area contributed by atoms with Gasteiger partial charge in [0.2, 0.25) is 16.0 Å². The van der Waals surface area contributed by atoms with Gasteiger partial charge in [-0.15, -0.1) is 0 Å². The summed E-state index contributed by atoms with van der Waals surface area (Å²) in [6.45, 7) is 1.96. The van der Waals surface area contributed by atoms with Crippen LogP contribution in [0, 0.1) is 0 Å². The molecule has 0 aliphatic rings. The monoisotopic (exact) mass is 272 g/mol. The third-order valence-corrected chi connectivity index (χ3v) is 3.92. The van der Waals surface area contributed by atoms with Crippen LogP contribution in [-0.4, -0.2) is 30.2 Å². The summed E-state index contributed by atoms with van der Waals surface area (Å²) in [5, 5.41) is 0. The number of hydrogen-bond donors (Lipinski definition) is 1. The van der Waals surface area contributed by atoms with Crippen molar-refractivity contribution < 1.29 is 13.2 Å². The summed E-state index contributed by atoms with van der Waals surface area (Å²) in [5.74, 6) is -0.372. The Labute approximate surface area is 106 Å². The molecule has 1 heterocycles. The molecule has 0 atom stereocenters. The van der Waals surface area contributed by atoms with Crippen molar-refractivity contribution in [2.45, 2.75) is 26.2 Å². The summed E-state index contributed by atoms with van der Waals surface area (Å²) in [5.41, 5.74) is 5.09. The summed E-state index contributed by atoms with van der Waals surface area (Å²) < 4.78 is 24.4. The summed E-state index contributed by atoms with van der Waals surface area (Å²) >= 11 is 0. The Morgan fingerprint density at radius 3 is 2.44 bits per heavy atom. The zero-order valence-electron chi connectivity index (χ0n) is 10.1. The molecule has 2 amide bonds. The molecule has 8 heteroatoms. The van der Waals surface area contributed by atoms with Gasteiger partial charge >= 0.3 is 6.03 Å². The highest BCUT2D eigenvalue weighted by molar-refractivity contribution is 7.93. The van der Waals surface area contributed by atoms with E-state index < -0.39 is 16.1 Å². The molecule has 0 spiro atoms. The lowest BCUT2D eigenvalue weighted by Gasteiger charge is -2.17. The van der Waals surface area contributed by atoms with Gasteiger partial charge in [-0.05, 0) is 12.5 Å². The average Bonchev–Trinajstić information content (AvgIpc) is 2.29. The first-order valence-corrected chi connectivity index (χ1v) is 7.19. The molecule has 0 aliphatic heterocycles. The molecule has 18 heavy (non-hydrogen) atoms. The second-order valence-corrected chi connectivity index (χ2v) is 5.61. The van der Waals surface area contributed by atoms with Crippen molar-refractivity contribution in [3.8, 4) is 0 Å². The summed E-state index contributed by atoms with van der Waals surface area (Å²) in [6.07, 6.45) is 4.81. The number of sulfonamides is 1. The van der Waals surface area contributed by atoms with E-state index in [9.17, 15) is 13.2 Å². The van der Waals surface area contributed by atoms with Crippen LogP contribution in [0.2, 0.25) is 0 Å². The summed E-state index contributed by atoms with van der Waals surface area (Å²) in [6, 6.07) is 0.421. The SMILES string of the molecule is CCCCCS(=O)(=O)N(C(N)=O)c1ncccn1. The predicted octanol–water partition coefficient (Wildman–Crippen LogP) is 0.882. The Morgan fingerprint density at radius 1 is 1.33 bits per heavy atom. The number of rotatable bonds is 6. The van der Waals surface area contributed by atoms with Crippen LogP contribution < -0.4 is 10.0 Å². The molecular weight excluding hydrogens is 256 g/mol. The van der Waals surface area contributed by atoms with Gasteiger partial charge in [0.05, 0.1) is 5.75 Å². The van der Waals surface area contributed by atoms with Crippen LogP contribution in [0.5, 0.6) is 0 Å². The Hall–Kier alpha value is -1.70. The number of primary amides is 1. The van der Waals surface area contributed by atoms with Crippen molar-refractivity contribution in [2.75, 3.05) is 10.1 Å². The highest BCUT2D eigenvalue weighted by atomic mass is 32.2. The van der Waals surface area contributed by atoms with E-state index in [2.05, 4.69) is 9.97 Å². The van der Waals surface area contributed by atoms with Crippen LogP contribution >= 0.6 is 0 Å². The number of aromatic nitrogens is 2. The average molecular weight is 272 g/mol. The van der Waals surface area contributed by atoms with Crippen LogP contribution in [0.15, 0.2) is 18.5 Å². The zero-order chi connectivity index (χ0) is 13.6. The van der Waals surface area contributed by atoms with E-state index in [1.54, 1.807) is 0 Å². The van der Waals surface area contributed by atoms with Crippen molar-refractivity contribution in [1.82, 2.24) is 9.97 Å². The topological polar surface area (TPSA) is 106 Å². The van der Waals surface area contributed by atoms with Gasteiger partial charge in [0.15, 0.2) is 0 Å². The molecule has 100 valence electrons.